The van der Waals surface area contributed by atoms with Crippen LogP contribution in [0, 0.1) is 5.92 Å². The number of fused-ring (bicyclic) bond motifs is 1. The van der Waals surface area contributed by atoms with Crippen LogP contribution in [0.2, 0.25) is 0 Å². The van der Waals surface area contributed by atoms with Crippen LogP contribution >= 0.6 is 0 Å². The summed E-state index contributed by atoms with van der Waals surface area (Å²) in [6, 6.07) is -1.05. The Kier molecular flexibility index (Phi) is 4.62. The lowest BCUT2D eigenvalue weighted by atomic mass is 9.91. The molecule has 0 saturated heterocycles. The van der Waals surface area contributed by atoms with Gasteiger partial charge in [0, 0.05) is 20.1 Å². The quantitative estimate of drug-likeness (QED) is 0.852. The summed E-state index contributed by atoms with van der Waals surface area (Å²) < 4.78 is 7.45. The Bertz CT molecular complexity index is 634. The third-order valence-corrected chi connectivity index (χ3v) is 5.45. The van der Waals surface area contributed by atoms with E-state index in [0.717, 1.165) is 38.1 Å². The molecule has 1 amide bonds. The van der Waals surface area contributed by atoms with E-state index in [-0.39, 0.29) is 5.91 Å². The average molecular weight is 335 g/mol. The summed E-state index contributed by atoms with van der Waals surface area (Å²) in [5.74, 6) is 0.00376. The summed E-state index contributed by atoms with van der Waals surface area (Å²) in [6.07, 6.45) is 6.49. The summed E-state index contributed by atoms with van der Waals surface area (Å²) in [7, 11) is 1.52. The summed E-state index contributed by atoms with van der Waals surface area (Å²) in [4.78, 5) is 28.8. The fourth-order valence-electron chi connectivity index (χ4n) is 3.98. The van der Waals surface area contributed by atoms with Gasteiger partial charge in [0.05, 0.1) is 11.8 Å². The summed E-state index contributed by atoms with van der Waals surface area (Å²) in [5.41, 5.74) is -0.381. The van der Waals surface area contributed by atoms with Gasteiger partial charge in [-0.15, -0.1) is 0 Å². The van der Waals surface area contributed by atoms with Gasteiger partial charge in [-0.3, -0.25) is 4.79 Å². The molecule has 0 radical (unpaired) electrons. The van der Waals surface area contributed by atoms with Crippen molar-refractivity contribution < 1.29 is 19.4 Å². The fourth-order valence-corrected chi connectivity index (χ4v) is 3.98. The molecule has 2 heterocycles. The second-order valence-corrected chi connectivity index (χ2v) is 7.03. The number of carbonyl (C=O) groups excluding carboxylic acids is 1. The van der Waals surface area contributed by atoms with Crippen LogP contribution in [-0.4, -0.2) is 45.3 Å². The molecule has 2 atom stereocenters. The highest BCUT2D eigenvalue weighted by Crippen LogP contribution is 2.36. The Hall–Kier alpha value is -1.89. The summed E-state index contributed by atoms with van der Waals surface area (Å²) in [6.45, 7) is 2.91. The summed E-state index contributed by atoms with van der Waals surface area (Å²) >= 11 is 0. The first kappa shape index (κ1) is 17.0. The standard InChI is InChI=1S/C17H25N3O4/c1-11-5-8-20-12(10-18-13(20)9-11)15(21)19-14(16(22)23)17(24-2)6-3-4-7-17/h10-11,14H,3-9H2,1-2H3,(H,19,21)(H,22,23). The molecule has 1 aliphatic carbocycles. The van der Waals surface area contributed by atoms with Gasteiger partial charge in [0.1, 0.15) is 11.5 Å². The lowest BCUT2D eigenvalue weighted by Gasteiger charge is -2.34. The molecule has 1 aliphatic heterocycles. The number of carboxylic acids is 1. The Balaban J connectivity index is 1.81. The highest BCUT2D eigenvalue weighted by molar-refractivity contribution is 5.95. The summed E-state index contributed by atoms with van der Waals surface area (Å²) in [5, 5.41) is 12.3. The molecule has 0 spiro atoms. The van der Waals surface area contributed by atoms with Crippen LogP contribution in [0.5, 0.6) is 0 Å². The van der Waals surface area contributed by atoms with E-state index in [4.69, 9.17) is 4.74 Å². The fraction of sp³-hybridized carbons (Fsp3) is 0.706. The number of imidazole rings is 1. The van der Waals surface area contributed by atoms with Gasteiger partial charge in [0.2, 0.25) is 0 Å². The van der Waals surface area contributed by atoms with E-state index in [1.165, 1.54) is 7.11 Å². The van der Waals surface area contributed by atoms with Gasteiger partial charge in [-0.2, -0.15) is 0 Å². The van der Waals surface area contributed by atoms with Crippen LogP contribution in [0.25, 0.3) is 0 Å². The Morgan fingerprint density at radius 3 is 2.79 bits per heavy atom. The molecule has 132 valence electrons. The van der Waals surface area contributed by atoms with Crippen LogP contribution in [-0.2, 0) is 22.5 Å². The second kappa shape index (κ2) is 6.55. The maximum absolute atomic E-state index is 12.7. The molecule has 1 saturated carbocycles. The molecule has 24 heavy (non-hydrogen) atoms. The zero-order chi connectivity index (χ0) is 17.3. The predicted molar refractivity (Wildman–Crippen MR) is 86.8 cm³/mol. The number of methoxy groups -OCH3 is 1. The maximum atomic E-state index is 12.7. The number of carbonyl (C=O) groups is 2. The molecule has 2 unspecified atom stereocenters. The number of rotatable bonds is 5. The smallest absolute Gasteiger partial charge is 0.329 e. The minimum Gasteiger partial charge on any atom is -0.480 e. The van der Waals surface area contributed by atoms with E-state index in [1.807, 2.05) is 4.57 Å². The molecule has 1 aromatic rings. The predicted octanol–water partition coefficient (Wildman–Crippen LogP) is 1.61. The average Bonchev–Trinajstić information content (AvgIpc) is 3.19. The SMILES string of the molecule is COC1(C(NC(=O)c2cnc3n2CCC(C)C3)C(=O)O)CCCC1. The lowest BCUT2D eigenvalue weighted by molar-refractivity contribution is -0.148. The highest BCUT2D eigenvalue weighted by atomic mass is 16.5. The zero-order valence-electron chi connectivity index (χ0n) is 14.2. The third-order valence-electron chi connectivity index (χ3n) is 5.45. The first-order valence-corrected chi connectivity index (χ1v) is 8.60. The van der Waals surface area contributed by atoms with Gasteiger partial charge in [-0.05, 0) is 25.2 Å². The monoisotopic (exact) mass is 335 g/mol. The number of amides is 1. The minimum absolute atomic E-state index is 0.390. The molecule has 2 aliphatic rings. The Labute approximate surface area is 141 Å². The topological polar surface area (TPSA) is 93.5 Å². The molecular formula is C17H25N3O4. The second-order valence-electron chi connectivity index (χ2n) is 7.03. The van der Waals surface area contributed by atoms with Crippen LogP contribution in [0.3, 0.4) is 0 Å². The van der Waals surface area contributed by atoms with E-state index < -0.39 is 17.6 Å². The molecule has 0 aromatic carbocycles. The number of aliphatic carboxylic acids is 1. The van der Waals surface area contributed by atoms with Crippen molar-refractivity contribution >= 4 is 11.9 Å². The number of aromatic nitrogens is 2. The van der Waals surface area contributed by atoms with Crippen LogP contribution < -0.4 is 5.32 Å². The van der Waals surface area contributed by atoms with Crippen LogP contribution in [0.1, 0.15) is 55.3 Å². The number of ether oxygens (including phenoxy) is 1. The molecular weight excluding hydrogens is 310 g/mol. The van der Waals surface area contributed by atoms with E-state index >= 15 is 0 Å². The maximum Gasteiger partial charge on any atom is 0.329 e. The molecule has 2 N–H and O–H groups in total. The van der Waals surface area contributed by atoms with Crippen molar-refractivity contribution in [3.05, 3.63) is 17.7 Å². The van der Waals surface area contributed by atoms with Crippen molar-refractivity contribution in [3.63, 3.8) is 0 Å². The van der Waals surface area contributed by atoms with Crippen molar-refractivity contribution in [3.8, 4) is 0 Å². The molecule has 7 nitrogen and oxygen atoms in total. The first-order chi connectivity index (χ1) is 11.5. The van der Waals surface area contributed by atoms with Gasteiger partial charge in [-0.1, -0.05) is 19.8 Å². The van der Waals surface area contributed by atoms with Gasteiger partial charge in [-0.25, -0.2) is 9.78 Å². The third kappa shape index (κ3) is 2.92. The molecule has 7 heteroatoms. The van der Waals surface area contributed by atoms with E-state index in [9.17, 15) is 14.7 Å². The van der Waals surface area contributed by atoms with Crippen molar-refractivity contribution in [2.45, 2.75) is 63.6 Å². The van der Waals surface area contributed by atoms with E-state index in [0.29, 0.717) is 24.5 Å². The minimum atomic E-state index is -1.06. The molecule has 1 aromatic heterocycles. The van der Waals surface area contributed by atoms with E-state index in [2.05, 4.69) is 17.2 Å². The number of hydrogen-bond acceptors (Lipinski definition) is 4. The van der Waals surface area contributed by atoms with Gasteiger partial charge >= 0.3 is 5.97 Å². The van der Waals surface area contributed by atoms with Gasteiger partial charge in [0.25, 0.3) is 5.91 Å². The Morgan fingerprint density at radius 1 is 1.46 bits per heavy atom. The van der Waals surface area contributed by atoms with Gasteiger partial charge in [0.15, 0.2) is 6.04 Å². The molecule has 1 fully saturated rings. The zero-order valence-corrected chi connectivity index (χ0v) is 14.2. The van der Waals surface area contributed by atoms with Crippen LogP contribution in [0.4, 0.5) is 0 Å². The number of carboxylic acid groups (broad SMARTS) is 1. The molecule has 3 rings (SSSR count). The largest absolute Gasteiger partial charge is 0.480 e. The van der Waals surface area contributed by atoms with Crippen molar-refractivity contribution in [2.24, 2.45) is 5.92 Å². The number of nitrogens with zero attached hydrogens (tertiary/aromatic N) is 2. The normalized spacial score (nSPS) is 23.5. The van der Waals surface area contributed by atoms with Gasteiger partial charge < -0.3 is 19.7 Å². The van der Waals surface area contributed by atoms with Crippen molar-refractivity contribution in [1.29, 1.82) is 0 Å². The van der Waals surface area contributed by atoms with Crippen molar-refractivity contribution in [2.75, 3.05) is 7.11 Å². The lowest BCUT2D eigenvalue weighted by Crippen LogP contribution is -2.57. The number of nitrogens with one attached hydrogen (secondary N) is 1. The number of hydrogen-bond donors (Lipinski definition) is 2. The van der Waals surface area contributed by atoms with Crippen LogP contribution in [0.15, 0.2) is 6.20 Å². The Morgan fingerprint density at radius 2 is 2.17 bits per heavy atom. The first-order valence-electron chi connectivity index (χ1n) is 8.60. The molecule has 0 bridgehead atoms. The highest BCUT2D eigenvalue weighted by Gasteiger charge is 2.47. The van der Waals surface area contributed by atoms with Crippen molar-refractivity contribution in [1.82, 2.24) is 14.9 Å². The van der Waals surface area contributed by atoms with E-state index in [1.54, 1.807) is 6.20 Å².